The topological polar surface area (TPSA) is 80.2 Å². The van der Waals surface area contributed by atoms with Gasteiger partial charge in [-0.05, 0) is 43.1 Å². The third-order valence-corrected chi connectivity index (χ3v) is 4.89. The second-order valence-corrected chi connectivity index (χ2v) is 6.40. The second-order valence-electron chi connectivity index (χ2n) is 6.40. The van der Waals surface area contributed by atoms with E-state index in [2.05, 4.69) is 10.9 Å². The summed E-state index contributed by atoms with van der Waals surface area (Å²) in [5.74, 6) is 1.41. The summed E-state index contributed by atoms with van der Waals surface area (Å²) in [5, 5.41) is 0. The third-order valence-electron chi connectivity index (χ3n) is 4.89. The van der Waals surface area contributed by atoms with Crippen LogP contribution in [0.3, 0.4) is 0 Å². The summed E-state index contributed by atoms with van der Waals surface area (Å²) in [7, 11) is 0. The Kier molecular flexibility index (Phi) is 4.27. The summed E-state index contributed by atoms with van der Waals surface area (Å²) in [6.45, 7) is -0.103. The fraction of sp³-hybridized carbons (Fsp3) is 0.562. The van der Waals surface area contributed by atoms with E-state index < -0.39 is 5.91 Å². The predicted molar refractivity (Wildman–Crippen MR) is 80.5 cm³/mol. The number of nitrogens with zero attached hydrogens (tertiary/aromatic N) is 1. The summed E-state index contributed by atoms with van der Waals surface area (Å²) < 4.78 is 1.29. The molecule has 118 valence electrons. The molecule has 2 saturated carbocycles. The quantitative estimate of drug-likeness (QED) is 0.808. The first-order chi connectivity index (χ1) is 10.6. The molecule has 2 N–H and O–H groups in total. The Hall–Kier alpha value is -2.11. The predicted octanol–water partition coefficient (Wildman–Crippen LogP) is 0.822. The van der Waals surface area contributed by atoms with Crippen LogP contribution in [0.5, 0.6) is 0 Å². The lowest BCUT2D eigenvalue weighted by Crippen LogP contribution is -2.44. The standard InChI is InChI=1S/C16H21N3O3/c20-14(9-13-8-11-4-5-12(13)7-11)17-18-15(21)10-19-6-2-1-3-16(19)22/h1-3,6,11-13H,4-5,7-10H2,(H,17,20)(H,18,21)/t11-,12-,13-/m1/s1. The van der Waals surface area contributed by atoms with Crippen LogP contribution in [0.2, 0.25) is 0 Å². The van der Waals surface area contributed by atoms with Crippen LogP contribution in [0.15, 0.2) is 29.2 Å². The number of carbonyl (C=O) groups excluding carboxylic acids is 2. The lowest BCUT2D eigenvalue weighted by molar-refractivity contribution is -0.130. The van der Waals surface area contributed by atoms with Gasteiger partial charge in [0.1, 0.15) is 6.54 Å². The van der Waals surface area contributed by atoms with Gasteiger partial charge < -0.3 is 4.57 Å². The minimum atomic E-state index is -0.408. The zero-order valence-electron chi connectivity index (χ0n) is 12.5. The van der Waals surface area contributed by atoms with Crippen LogP contribution in [-0.2, 0) is 16.1 Å². The van der Waals surface area contributed by atoms with Gasteiger partial charge in [0.05, 0.1) is 0 Å². The van der Waals surface area contributed by atoms with Crippen LogP contribution in [0.1, 0.15) is 32.1 Å². The Morgan fingerprint density at radius 1 is 1.14 bits per heavy atom. The van der Waals surface area contributed by atoms with E-state index in [0.29, 0.717) is 18.3 Å². The molecular formula is C16H21N3O3. The molecule has 0 spiro atoms. The number of amides is 2. The first-order valence-electron chi connectivity index (χ1n) is 7.85. The smallest absolute Gasteiger partial charge is 0.258 e. The lowest BCUT2D eigenvalue weighted by atomic mass is 9.86. The number of hydrazine groups is 1. The molecule has 2 bridgehead atoms. The van der Waals surface area contributed by atoms with Crippen molar-refractivity contribution in [2.75, 3.05) is 0 Å². The van der Waals surface area contributed by atoms with Gasteiger partial charge in [0.15, 0.2) is 0 Å². The van der Waals surface area contributed by atoms with Crippen molar-refractivity contribution in [2.24, 2.45) is 17.8 Å². The van der Waals surface area contributed by atoms with Crippen molar-refractivity contribution in [3.05, 3.63) is 34.7 Å². The van der Waals surface area contributed by atoms with Gasteiger partial charge in [-0.1, -0.05) is 12.5 Å². The van der Waals surface area contributed by atoms with E-state index in [9.17, 15) is 14.4 Å². The van der Waals surface area contributed by atoms with Crippen molar-refractivity contribution < 1.29 is 9.59 Å². The molecule has 0 saturated heterocycles. The molecule has 1 heterocycles. The maximum Gasteiger partial charge on any atom is 0.258 e. The number of fused-ring (bicyclic) bond motifs is 2. The van der Waals surface area contributed by atoms with Gasteiger partial charge in [-0.15, -0.1) is 0 Å². The second kappa shape index (κ2) is 6.34. The average molecular weight is 303 g/mol. The highest BCUT2D eigenvalue weighted by atomic mass is 16.2. The molecule has 3 atom stereocenters. The molecule has 2 aliphatic rings. The monoisotopic (exact) mass is 303 g/mol. The molecule has 6 heteroatoms. The zero-order valence-corrected chi connectivity index (χ0v) is 12.5. The molecule has 2 amide bonds. The van der Waals surface area contributed by atoms with Crippen molar-refractivity contribution in [3.8, 4) is 0 Å². The fourth-order valence-electron chi connectivity index (χ4n) is 3.84. The van der Waals surface area contributed by atoms with E-state index in [1.807, 2.05) is 0 Å². The van der Waals surface area contributed by atoms with E-state index in [0.717, 1.165) is 12.3 Å². The normalized spacial score (nSPS) is 25.9. The molecular weight excluding hydrogens is 282 g/mol. The Morgan fingerprint density at radius 3 is 2.64 bits per heavy atom. The first-order valence-corrected chi connectivity index (χ1v) is 7.85. The van der Waals surface area contributed by atoms with Crippen molar-refractivity contribution in [1.82, 2.24) is 15.4 Å². The minimum absolute atomic E-state index is 0.103. The molecule has 0 aromatic carbocycles. The van der Waals surface area contributed by atoms with Gasteiger partial charge in [0, 0.05) is 18.7 Å². The van der Waals surface area contributed by atoms with Crippen molar-refractivity contribution >= 4 is 11.8 Å². The molecule has 1 aromatic rings. The van der Waals surface area contributed by atoms with Gasteiger partial charge in [-0.3, -0.25) is 25.2 Å². The van der Waals surface area contributed by atoms with Gasteiger partial charge >= 0.3 is 0 Å². The third kappa shape index (κ3) is 3.37. The van der Waals surface area contributed by atoms with E-state index >= 15 is 0 Å². The van der Waals surface area contributed by atoms with Crippen LogP contribution in [-0.4, -0.2) is 16.4 Å². The van der Waals surface area contributed by atoms with Gasteiger partial charge in [0.2, 0.25) is 5.91 Å². The van der Waals surface area contributed by atoms with Crippen molar-refractivity contribution in [1.29, 1.82) is 0 Å². The molecule has 0 unspecified atom stereocenters. The summed E-state index contributed by atoms with van der Waals surface area (Å²) in [6.07, 6.45) is 6.98. The van der Waals surface area contributed by atoms with Crippen molar-refractivity contribution in [2.45, 2.75) is 38.6 Å². The summed E-state index contributed by atoms with van der Waals surface area (Å²) in [4.78, 5) is 35.1. The van der Waals surface area contributed by atoms with Crippen LogP contribution in [0, 0.1) is 17.8 Å². The van der Waals surface area contributed by atoms with E-state index in [1.54, 1.807) is 18.3 Å². The highest BCUT2D eigenvalue weighted by Gasteiger charge is 2.40. The first kappa shape index (κ1) is 14.8. The van der Waals surface area contributed by atoms with Crippen LogP contribution in [0.25, 0.3) is 0 Å². The average Bonchev–Trinajstić information content (AvgIpc) is 3.10. The number of hydrogen-bond acceptors (Lipinski definition) is 3. The summed E-state index contributed by atoms with van der Waals surface area (Å²) in [5.41, 5.74) is 4.59. The number of rotatable bonds is 4. The summed E-state index contributed by atoms with van der Waals surface area (Å²) in [6, 6.07) is 4.69. The van der Waals surface area contributed by atoms with Crippen LogP contribution >= 0.6 is 0 Å². The Bertz CT molecular complexity index is 625. The zero-order chi connectivity index (χ0) is 15.5. The molecule has 0 aliphatic heterocycles. The largest absolute Gasteiger partial charge is 0.306 e. The van der Waals surface area contributed by atoms with Crippen LogP contribution in [0.4, 0.5) is 0 Å². The minimum Gasteiger partial charge on any atom is -0.306 e. The van der Waals surface area contributed by atoms with Gasteiger partial charge in [-0.2, -0.15) is 0 Å². The molecule has 3 rings (SSSR count). The number of pyridine rings is 1. The van der Waals surface area contributed by atoms with E-state index in [1.165, 1.54) is 29.9 Å². The molecule has 1 aromatic heterocycles. The Balaban J connectivity index is 1.42. The molecule has 2 aliphatic carbocycles. The molecule has 6 nitrogen and oxygen atoms in total. The van der Waals surface area contributed by atoms with E-state index in [4.69, 9.17) is 0 Å². The fourth-order valence-corrected chi connectivity index (χ4v) is 3.84. The highest BCUT2D eigenvalue weighted by Crippen LogP contribution is 2.49. The summed E-state index contributed by atoms with van der Waals surface area (Å²) >= 11 is 0. The Labute approximate surface area is 128 Å². The molecule has 0 radical (unpaired) electrons. The van der Waals surface area contributed by atoms with Crippen LogP contribution < -0.4 is 16.4 Å². The SMILES string of the molecule is O=C(C[C@H]1C[C@@H]2CC[C@@H]1C2)NNC(=O)Cn1ccccc1=O. The van der Waals surface area contributed by atoms with Gasteiger partial charge in [0.25, 0.3) is 11.5 Å². The lowest BCUT2D eigenvalue weighted by Gasteiger charge is -2.20. The number of carbonyl (C=O) groups is 2. The highest BCUT2D eigenvalue weighted by molar-refractivity contribution is 5.82. The number of aromatic nitrogens is 1. The van der Waals surface area contributed by atoms with Gasteiger partial charge in [-0.25, -0.2) is 0 Å². The van der Waals surface area contributed by atoms with Crippen molar-refractivity contribution in [3.63, 3.8) is 0 Å². The number of hydrogen-bond donors (Lipinski definition) is 2. The maximum atomic E-state index is 11.9. The van der Waals surface area contributed by atoms with E-state index in [-0.39, 0.29) is 18.0 Å². The Morgan fingerprint density at radius 2 is 1.95 bits per heavy atom. The maximum absolute atomic E-state index is 11.9. The molecule has 2 fully saturated rings. The molecule has 22 heavy (non-hydrogen) atoms. The number of nitrogens with one attached hydrogen (secondary N) is 2.